The maximum Gasteiger partial charge on any atom is 0.0516 e. The summed E-state index contributed by atoms with van der Waals surface area (Å²) in [7, 11) is 3.57. The summed E-state index contributed by atoms with van der Waals surface area (Å²) in [6, 6.07) is 10.4. The molecule has 1 aromatic carbocycles. The molecule has 3 radical (unpaired) electrons. The van der Waals surface area contributed by atoms with Crippen molar-refractivity contribution in [3.63, 3.8) is 0 Å². The summed E-state index contributed by atoms with van der Waals surface area (Å²) < 4.78 is 0. The highest BCUT2D eigenvalue weighted by atomic mass is 28.1. The van der Waals surface area contributed by atoms with Crippen molar-refractivity contribution >= 4 is 10.2 Å². The lowest BCUT2D eigenvalue weighted by Gasteiger charge is -2.20. The van der Waals surface area contributed by atoms with Crippen LogP contribution in [0.4, 0.5) is 0 Å². The normalized spacial score (nSPS) is 11.6. The van der Waals surface area contributed by atoms with E-state index in [0.717, 1.165) is 6.54 Å². The van der Waals surface area contributed by atoms with E-state index in [1.807, 2.05) is 6.07 Å². The second-order valence-electron chi connectivity index (χ2n) is 3.46. The third kappa shape index (κ3) is 3.69. The van der Waals surface area contributed by atoms with Crippen LogP contribution in [-0.2, 0) is 6.54 Å². The van der Waals surface area contributed by atoms with Crippen molar-refractivity contribution in [2.24, 2.45) is 0 Å². The van der Waals surface area contributed by atoms with Crippen LogP contribution in [0.25, 0.3) is 0 Å². The first kappa shape index (κ1) is 9.48. The van der Waals surface area contributed by atoms with Crippen molar-refractivity contribution in [2.45, 2.75) is 25.6 Å². The van der Waals surface area contributed by atoms with E-state index in [1.54, 1.807) is 0 Å². The Morgan fingerprint density at radius 2 is 1.83 bits per heavy atom. The third-order valence-electron chi connectivity index (χ3n) is 1.58. The van der Waals surface area contributed by atoms with Crippen LogP contribution in [0.2, 0.25) is 0 Å². The van der Waals surface area contributed by atoms with Gasteiger partial charge in [-0.3, -0.25) is 0 Å². The minimum Gasteiger partial charge on any atom is -0.311 e. The van der Waals surface area contributed by atoms with E-state index >= 15 is 0 Å². The molecule has 12 heavy (non-hydrogen) atoms. The van der Waals surface area contributed by atoms with Gasteiger partial charge < -0.3 is 5.32 Å². The molecule has 0 aliphatic heterocycles. The lowest BCUT2D eigenvalue weighted by molar-refractivity contribution is 0.529. The summed E-state index contributed by atoms with van der Waals surface area (Å²) in [5.41, 5.74) is 1.31. The fourth-order valence-electron chi connectivity index (χ4n) is 0.919. The van der Waals surface area contributed by atoms with Crippen LogP contribution in [0.3, 0.4) is 0 Å². The molecule has 1 rings (SSSR count). The Hall–Kier alpha value is -0.603. The van der Waals surface area contributed by atoms with Crippen LogP contribution in [0.5, 0.6) is 0 Å². The molecule has 0 bridgehead atoms. The molecule has 63 valence electrons. The summed E-state index contributed by atoms with van der Waals surface area (Å²) in [5, 5.41) is 3.36. The Balaban J connectivity index is 2.44. The molecule has 1 aromatic rings. The average molecular weight is 176 g/mol. The number of rotatable bonds is 3. The van der Waals surface area contributed by atoms with Crippen LogP contribution < -0.4 is 5.32 Å². The quantitative estimate of drug-likeness (QED) is 0.691. The summed E-state index contributed by atoms with van der Waals surface area (Å²) in [6.45, 7) is 5.08. The molecule has 0 aliphatic carbocycles. The maximum absolute atomic E-state index is 3.57. The molecule has 0 saturated carbocycles. The van der Waals surface area contributed by atoms with Crippen LogP contribution in [0.15, 0.2) is 30.3 Å². The Morgan fingerprint density at radius 3 is 2.33 bits per heavy atom. The minimum atomic E-state index is 0.00976. The Kier molecular flexibility index (Phi) is 3.06. The van der Waals surface area contributed by atoms with Crippen molar-refractivity contribution < 1.29 is 0 Å². The summed E-state index contributed by atoms with van der Waals surface area (Å²) in [6.07, 6.45) is 0. The molecule has 0 spiro atoms. The molecule has 1 N–H and O–H groups in total. The first-order chi connectivity index (χ1) is 5.58. The van der Waals surface area contributed by atoms with Gasteiger partial charge in [-0.2, -0.15) is 0 Å². The topological polar surface area (TPSA) is 12.0 Å². The molecule has 0 amide bonds. The molecule has 0 saturated heterocycles. The molecule has 0 atom stereocenters. The number of hydrogen-bond acceptors (Lipinski definition) is 1. The van der Waals surface area contributed by atoms with E-state index in [9.17, 15) is 0 Å². The van der Waals surface area contributed by atoms with Gasteiger partial charge in [-0.05, 0) is 10.7 Å². The van der Waals surface area contributed by atoms with Gasteiger partial charge in [-0.25, -0.2) is 0 Å². The van der Waals surface area contributed by atoms with Crippen molar-refractivity contribution in [3.8, 4) is 0 Å². The lowest BCUT2D eigenvalue weighted by Crippen LogP contribution is -2.38. The van der Waals surface area contributed by atoms with Gasteiger partial charge in [-0.1, -0.05) is 44.2 Å². The first-order valence-corrected chi connectivity index (χ1v) is 4.62. The van der Waals surface area contributed by atoms with Gasteiger partial charge in [0.05, 0.1) is 10.2 Å². The molecule has 0 unspecified atom stereocenters. The largest absolute Gasteiger partial charge is 0.311 e. The molecular weight excluding hydrogens is 162 g/mol. The minimum absolute atomic E-state index is 0.00976. The van der Waals surface area contributed by atoms with E-state index in [4.69, 9.17) is 0 Å². The van der Waals surface area contributed by atoms with Crippen LogP contribution in [0, 0.1) is 0 Å². The highest BCUT2D eigenvalue weighted by Gasteiger charge is 2.07. The zero-order valence-electron chi connectivity index (χ0n) is 7.59. The van der Waals surface area contributed by atoms with Crippen LogP contribution in [0.1, 0.15) is 19.4 Å². The predicted octanol–water partition coefficient (Wildman–Crippen LogP) is 1.68. The molecule has 0 heterocycles. The zero-order valence-corrected chi connectivity index (χ0v) is 8.59. The fourth-order valence-corrected chi connectivity index (χ4v) is 1.01. The van der Waals surface area contributed by atoms with Crippen molar-refractivity contribution in [3.05, 3.63) is 35.9 Å². The van der Waals surface area contributed by atoms with Gasteiger partial charge >= 0.3 is 0 Å². The standard InChI is InChI=1S/C10H14NSi/c1-10(2,12)11-8-9-6-4-3-5-7-9/h3-7,11H,8H2,1-2H3. The van der Waals surface area contributed by atoms with Crippen molar-refractivity contribution in [1.29, 1.82) is 0 Å². The molecule has 0 fully saturated rings. The van der Waals surface area contributed by atoms with Gasteiger partial charge in [0.2, 0.25) is 0 Å². The SMILES string of the molecule is CC(C)([Si])NCc1ccccc1. The second kappa shape index (κ2) is 3.87. The van der Waals surface area contributed by atoms with Gasteiger partial charge in [0.25, 0.3) is 0 Å². The Labute approximate surface area is 77.6 Å². The smallest absolute Gasteiger partial charge is 0.0516 e. The van der Waals surface area contributed by atoms with Gasteiger partial charge in [0.1, 0.15) is 0 Å². The first-order valence-electron chi connectivity index (χ1n) is 4.12. The lowest BCUT2D eigenvalue weighted by atomic mass is 10.2. The summed E-state index contributed by atoms with van der Waals surface area (Å²) in [4.78, 5) is 0. The molecule has 0 aliphatic rings. The number of hydrogen-bond donors (Lipinski definition) is 1. The van der Waals surface area contributed by atoms with Gasteiger partial charge in [-0.15, -0.1) is 0 Å². The van der Waals surface area contributed by atoms with Crippen molar-refractivity contribution in [1.82, 2.24) is 5.32 Å². The summed E-state index contributed by atoms with van der Waals surface area (Å²) >= 11 is 0. The van der Waals surface area contributed by atoms with Crippen LogP contribution >= 0.6 is 0 Å². The highest BCUT2D eigenvalue weighted by Crippen LogP contribution is 2.01. The van der Waals surface area contributed by atoms with E-state index in [2.05, 4.69) is 53.7 Å². The average Bonchev–Trinajstić information content (AvgIpc) is 2.02. The highest BCUT2D eigenvalue weighted by molar-refractivity contribution is 6.14. The van der Waals surface area contributed by atoms with E-state index in [1.165, 1.54) is 5.56 Å². The fraction of sp³-hybridized carbons (Fsp3) is 0.400. The molecule has 2 heteroatoms. The maximum atomic E-state index is 3.57. The summed E-state index contributed by atoms with van der Waals surface area (Å²) in [5.74, 6) is 0. The van der Waals surface area contributed by atoms with Crippen LogP contribution in [-0.4, -0.2) is 15.4 Å². The number of nitrogens with one attached hydrogen (secondary N) is 1. The second-order valence-corrected chi connectivity index (χ2v) is 4.71. The van der Waals surface area contributed by atoms with Gasteiger partial charge in [0.15, 0.2) is 0 Å². The van der Waals surface area contributed by atoms with E-state index in [-0.39, 0.29) is 5.16 Å². The Morgan fingerprint density at radius 1 is 1.25 bits per heavy atom. The van der Waals surface area contributed by atoms with E-state index in [0.29, 0.717) is 0 Å². The Bertz CT molecular complexity index is 225. The molecule has 0 aromatic heterocycles. The monoisotopic (exact) mass is 176 g/mol. The number of benzene rings is 1. The van der Waals surface area contributed by atoms with E-state index < -0.39 is 0 Å². The van der Waals surface area contributed by atoms with Gasteiger partial charge in [0, 0.05) is 6.54 Å². The molecular formula is C10H14NSi. The zero-order chi connectivity index (χ0) is 9.03. The third-order valence-corrected chi connectivity index (χ3v) is 1.75. The van der Waals surface area contributed by atoms with Crippen molar-refractivity contribution in [2.75, 3.05) is 0 Å². The predicted molar refractivity (Wildman–Crippen MR) is 53.1 cm³/mol. The molecule has 1 nitrogen and oxygen atoms in total.